The highest BCUT2D eigenvalue weighted by atomic mass is 16.3. The van der Waals surface area contributed by atoms with E-state index in [9.17, 15) is 9.90 Å². The molecule has 1 fully saturated rings. The fraction of sp³-hybridized carbons (Fsp3) is 0.286. The first-order valence-electron chi connectivity index (χ1n) is 9.57. The Kier molecular flexibility index (Phi) is 5.71. The summed E-state index contributed by atoms with van der Waals surface area (Å²) in [6, 6.07) is 9.29. The van der Waals surface area contributed by atoms with Crippen LogP contribution in [0.15, 0.2) is 55.2 Å². The fourth-order valence-corrected chi connectivity index (χ4v) is 3.04. The van der Waals surface area contributed by atoms with Gasteiger partial charge in [-0.15, -0.1) is 0 Å². The number of anilines is 2. The molecule has 1 atom stereocenters. The Morgan fingerprint density at radius 3 is 2.59 bits per heavy atom. The van der Waals surface area contributed by atoms with Crippen molar-refractivity contribution in [1.82, 2.24) is 25.3 Å². The predicted octanol–water partition coefficient (Wildman–Crippen LogP) is 2.22. The molecule has 1 saturated carbocycles. The van der Waals surface area contributed by atoms with Crippen LogP contribution < -0.4 is 10.6 Å². The van der Waals surface area contributed by atoms with Gasteiger partial charge in [-0.1, -0.05) is 30.3 Å². The Labute approximate surface area is 168 Å². The number of aliphatic hydroxyl groups is 1. The topological polar surface area (TPSA) is 113 Å². The maximum atomic E-state index is 13.0. The van der Waals surface area contributed by atoms with Crippen LogP contribution in [0.1, 0.15) is 40.5 Å². The minimum absolute atomic E-state index is 0.175. The van der Waals surface area contributed by atoms with Crippen LogP contribution >= 0.6 is 0 Å². The summed E-state index contributed by atoms with van der Waals surface area (Å²) in [5.74, 6) is 0.313. The molecule has 148 valence electrons. The Bertz CT molecular complexity index is 963. The molecule has 2 heterocycles. The molecule has 8 nitrogen and oxygen atoms in total. The van der Waals surface area contributed by atoms with Crippen LogP contribution in [0.25, 0.3) is 0 Å². The zero-order valence-corrected chi connectivity index (χ0v) is 15.8. The third kappa shape index (κ3) is 4.91. The molecular formula is C21H22N6O2. The number of nitrogens with one attached hydrogen (secondary N) is 2. The summed E-state index contributed by atoms with van der Waals surface area (Å²) in [6.45, 7) is -0.175. The highest BCUT2D eigenvalue weighted by Crippen LogP contribution is 2.39. The van der Waals surface area contributed by atoms with E-state index in [-0.39, 0.29) is 18.2 Å². The van der Waals surface area contributed by atoms with Crippen LogP contribution in [0.2, 0.25) is 0 Å². The highest BCUT2D eigenvalue weighted by Gasteiger charge is 2.28. The molecule has 8 heteroatoms. The van der Waals surface area contributed by atoms with E-state index in [1.807, 2.05) is 30.3 Å². The van der Waals surface area contributed by atoms with E-state index in [4.69, 9.17) is 0 Å². The molecule has 29 heavy (non-hydrogen) atoms. The Morgan fingerprint density at radius 2 is 1.90 bits per heavy atom. The first-order valence-corrected chi connectivity index (χ1v) is 9.57. The minimum Gasteiger partial charge on any atom is -0.394 e. The lowest BCUT2D eigenvalue weighted by Gasteiger charge is -2.18. The second kappa shape index (κ2) is 8.74. The molecule has 0 radical (unpaired) electrons. The number of nitrogens with zero attached hydrogens (tertiary/aromatic N) is 4. The molecule has 0 bridgehead atoms. The van der Waals surface area contributed by atoms with E-state index in [1.54, 1.807) is 18.6 Å². The predicted molar refractivity (Wildman–Crippen MR) is 108 cm³/mol. The normalized spacial score (nSPS) is 14.2. The molecule has 1 aliphatic carbocycles. The van der Waals surface area contributed by atoms with Gasteiger partial charge >= 0.3 is 0 Å². The Morgan fingerprint density at radius 1 is 1.14 bits per heavy atom. The van der Waals surface area contributed by atoms with E-state index in [2.05, 4.69) is 30.6 Å². The summed E-state index contributed by atoms with van der Waals surface area (Å²) in [4.78, 5) is 29.9. The van der Waals surface area contributed by atoms with Crippen LogP contribution in [0.5, 0.6) is 0 Å². The number of hydrogen-bond acceptors (Lipinski definition) is 7. The molecule has 2 aromatic heterocycles. The summed E-state index contributed by atoms with van der Waals surface area (Å²) in [5.41, 5.74) is 2.65. The van der Waals surface area contributed by atoms with Crippen LogP contribution in [0, 0.1) is 0 Å². The number of benzene rings is 1. The van der Waals surface area contributed by atoms with Gasteiger partial charge in [0.1, 0.15) is 6.33 Å². The van der Waals surface area contributed by atoms with E-state index in [1.165, 1.54) is 6.33 Å². The van der Waals surface area contributed by atoms with E-state index in [0.717, 1.165) is 24.1 Å². The molecule has 1 aliphatic rings. The maximum absolute atomic E-state index is 13.0. The van der Waals surface area contributed by atoms with Gasteiger partial charge in [-0.3, -0.25) is 4.79 Å². The second-order valence-corrected chi connectivity index (χ2v) is 7.06. The lowest BCUT2D eigenvalue weighted by atomic mass is 10.1. The Hall–Kier alpha value is -3.39. The molecule has 1 amide bonds. The van der Waals surface area contributed by atoms with Crippen LogP contribution in [-0.4, -0.2) is 43.6 Å². The molecular weight excluding hydrogens is 368 g/mol. The number of hydrogen-bond donors (Lipinski definition) is 3. The summed E-state index contributed by atoms with van der Waals surface area (Å²) < 4.78 is 0. The van der Waals surface area contributed by atoms with Crippen molar-refractivity contribution in [2.75, 3.05) is 11.9 Å². The zero-order valence-electron chi connectivity index (χ0n) is 15.8. The molecule has 0 spiro atoms. The first-order chi connectivity index (χ1) is 14.2. The number of carbonyl (C=O) groups is 1. The monoisotopic (exact) mass is 390 g/mol. The SMILES string of the molecule is O=C(N[C@@H](CO)Cc1ccccc1)c1nc(C2CC2)cnc1Nc1cncnc1. The smallest absolute Gasteiger partial charge is 0.274 e. The number of aliphatic hydroxyl groups excluding tert-OH is 1. The van der Waals surface area contributed by atoms with E-state index in [0.29, 0.717) is 23.8 Å². The van der Waals surface area contributed by atoms with Crippen molar-refractivity contribution >= 4 is 17.4 Å². The van der Waals surface area contributed by atoms with Gasteiger partial charge in [0.2, 0.25) is 0 Å². The minimum atomic E-state index is -0.427. The summed E-state index contributed by atoms with van der Waals surface area (Å²) in [7, 11) is 0. The highest BCUT2D eigenvalue weighted by molar-refractivity contribution is 5.97. The van der Waals surface area contributed by atoms with Crippen molar-refractivity contribution in [2.24, 2.45) is 0 Å². The largest absolute Gasteiger partial charge is 0.394 e. The van der Waals surface area contributed by atoms with Gasteiger partial charge < -0.3 is 15.7 Å². The van der Waals surface area contributed by atoms with Gasteiger partial charge in [-0.25, -0.2) is 19.9 Å². The van der Waals surface area contributed by atoms with Gasteiger partial charge in [0, 0.05) is 5.92 Å². The third-order valence-corrected chi connectivity index (χ3v) is 4.71. The molecule has 0 aliphatic heterocycles. The van der Waals surface area contributed by atoms with E-state index < -0.39 is 6.04 Å². The van der Waals surface area contributed by atoms with Crippen molar-refractivity contribution in [3.05, 3.63) is 72.2 Å². The van der Waals surface area contributed by atoms with Gasteiger partial charge in [-0.2, -0.15) is 0 Å². The molecule has 3 N–H and O–H groups in total. The quantitative estimate of drug-likeness (QED) is 0.540. The van der Waals surface area contributed by atoms with Gasteiger partial charge in [0.05, 0.1) is 42.6 Å². The average molecular weight is 390 g/mol. The second-order valence-electron chi connectivity index (χ2n) is 7.06. The lowest BCUT2D eigenvalue weighted by molar-refractivity contribution is 0.0912. The summed E-state index contributed by atoms with van der Waals surface area (Å²) >= 11 is 0. The average Bonchev–Trinajstić information content (AvgIpc) is 3.60. The van der Waals surface area contributed by atoms with Crippen LogP contribution in [-0.2, 0) is 6.42 Å². The third-order valence-electron chi connectivity index (χ3n) is 4.71. The molecule has 0 saturated heterocycles. The number of rotatable bonds is 8. The molecule has 0 unspecified atom stereocenters. The van der Waals surface area contributed by atoms with Crippen molar-refractivity contribution in [3.63, 3.8) is 0 Å². The summed E-state index contributed by atoms with van der Waals surface area (Å²) in [5, 5.41) is 15.7. The van der Waals surface area contributed by atoms with Gasteiger partial charge in [-0.05, 0) is 24.8 Å². The fourth-order valence-electron chi connectivity index (χ4n) is 3.04. The number of carbonyl (C=O) groups excluding carboxylic acids is 1. The first kappa shape index (κ1) is 18.9. The molecule has 3 aromatic rings. The zero-order chi connectivity index (χ0) is 20.1. The van der Waals surface area contributed by atoms with Crippen molar-refractivity contribution in [2.45, 2.75) is 31.2 Å². The lowest BCUT2D eigenvalue weighted by Crippen LogP contribution is -2.39. The van der Waals surface area contributed by atoms with Gasteiger partial charge in [0.15, 0.2) is 11.5 Å². The standard InChI is InChI=1S/C21H22N6O2/c28-12-16(8-14-4-2-1-3-5-14)26-21(29)19-20(25-17-9-22-13-23-10-17)24-11-18(27-19)15-6-7-15/h1-5,9-11,13,15-16,28H,6-8,12H2,(H,24,25)(H,26,29)/t16-/m1/s1. The number of amides is 1. The number of aromatic nitrogens is 4. The molecule has 4 rings (SSSR count). The van der Waals surface area contributed by atoms with Crippen LogP contribution in [0.3, 0.4) is 0 Å². The van der Waals surface area contributed by atoms with Crippen molar-refractivity contribution < 1.29 is 9.90 Å². The van der Waals surface area contributed by atoms with Crippen LogP contribution in [0.4, 0.5) is 11.5 Å². The molecule has 1 aromatic carbocycles. The van der Waals surface area contributed by atoms with Crippen molar-refractivity contribution in [1.29, 1.82) is 0 Å². The Balaban J connectivity index is 1.55. The maximum Gasteiger partial charge on any atom is 0.274 e. The van der Waals surface area contributed by atoms with Crippen molar-refractivity contribution in [3.8, 4) is 0 Å². The van der Waals surface area contributed by atoms with E-state index >= 15 is 0 Å². The summed E-state index contributed by atoms with van der Waals surface area (Å²) in [6.07, 6.45) is 8.96. The van der Waals surface area contributed by atoms with Gasteiger partial charge in [0.25, 0.3) is 5.91 Å².